The smallest absolute Gasteiger partial charge is 0.195 e. The van der Waals surface area contributed by atoms with Gasteiger partial charge in [0, 0.05) is 28.2 Å². The quantitative estimate of drug-likeness (QED) is 0.721. The van der Waals surface area contributed by atoms with Gasteiger partial charge in [0.15, 0.2) is 5.78 Å². The third-order valence-corrected chi connectivity index (χ3v) is 3.16. The minimum atomic E-state index is -0.462. The number of aromatic amines is 1. The Bertz CT molecular complexity index is 858. The predicted molar refractivity (Wildman–Crippen MR) is 72.8 cm³/mol. The van der Waals surface area contributed by atoms with Gasteiger partial charge in [-0.05, 0) is 24.3 Å². The molecule has 3 nitrogen and oxygen atoms in total. The molecule has 0 bridgehead atoms. The van der Waals surface area contributed by atoms with Crippen LogP contribution in [0.4, 0.5) is 4.39 Å². The molecule has 4 heteroatoms. The van der Waals surface area contributed by atoms with Crippen LogP contribution in [-0.4, -0.2) is 10.8 Å². The van der Waals surface area contributed by atoms with Crippen LogP contribution in [-0.2, 0) is 0 Å². The number of rotatable bonds is 2. The molecule has 1 heterocycles. The SMILES string of the molecule is N#Cc1cccc2[nH]cc(C(=O)c3cccc(F)c3)c12. The zero-order valence-corrected chi connectivity index (χ0v) is 10.4. The molecule has 0 saturated carbocycles. The zero-order chi connectivity index (χ0) is 14.1. The molecule has 0 amide bonds. The van der Waals surface area contributed by atoms with Gasteiger partial charge >= 0.3 is 0 Å². The third kappa shape index (κ3) is 1.86. The first-order chi connectivity index (χ1) is 9.70. The Morgan fingerprint density at radius 2 is 2.00 bits per heavy atom. The number of nitrogens with one attached hydrogen (secondary N) is 1. The van der Waals surface area contributed by atoms with E-state index in [0.29, 0.717) is 22.0 Å². The Kier molecular flexibility index (Phi) is 2.81. The van der Waals surface area contributed by atoms with E-state index in [1.165, 1.54) is 18.2 Å². The highest BCUT2D eigenvalue weighted by Gasteiger charge is 2.16. The lowest BCUT2D eigenvalue weighted by atomic mass is 10.00. The maximum atomic E-state index is 13.2. The summed E-state index contributed by atoms with van der Waals surface area (Å²) in [7, 11) is 0. The highest BCUT2D eigenvalue weighted by Crippen LogP contribution is 2.24. The summed E-state index contributed by atoms with van der Waals surface area (Å²) in [5.41, 5.74) is 1.77. The van der Waals surface area contributed by atoms with Crippen LogP contribution in [0.15, 0.2) is 48.7 Å². The van der Waals surface area contributed by atoms with Crippen molar-refractivity contribution in [1.29, 1.82) is 5.26 Å². The Morgan fingerprint density at radius 3 is 2.75 bits per heavy atom. The van der Waals surface area contributed by atoms with Crippen molar-refractivity contribution in [1.82, 2.24) is 4.98 Å². The fourth-order valence-corrected chi connectivity index (χ4v) is 2.24. The molecule has 0 spiro atoms. The summed E-state index contributed by atoms with van der Waals surface area (Å²) in [5.74, 6) is -0.769. The number of nitrogens with zero attached hydrogens (tertiary/aromatic N) is 1. The van der Waals surface area contributed by atoms with Crippen molar-refractivity contribution in [3.8, 4) is 6.07 Å². The number of hydrogen-bond acceptors (Lipinski definition) is 2. The lowest BCUT2D eigenvalue weighted by Crippen LogP contribution is -2.01. The first-order valence-electron chi connectivity index (χ1n) is 6.01. The van der Waals surface area contributed by atoms with E-state index in [9.17, 15) is 9.18 Å². The summed E-state index contributed by atoms with van der Waals surface area (Å²) in [4.78, 5) is 15.4. The molecule has 96 valence electrons. The normalized spacial score (nSPS) is 10.4. The fourth-order valence-electron chi connectivity index (χ4n) is 2.24. The van der Waals surface area contributed by atoms with E-state index in [4.69, 9.17) is 5.26 Å². The zero-order valence-electron chi connectivity index (χ0n) is 10.4. The molecule has 3 aromatic rings. The van der Waals surface area contributed by atoms with E-state index in [1.807, 2.05) is 0 Å². The topological polar surface area (TPSA) is 56.6 Å². The lowest BCUT2D eigenvalue weighted by Gasteiger charge is -2.01. The van der Waals surface area contributed by atoms with Crippen LogP contribution >= 0.6 is 0 Å². The van der Waals surface area contributed by atoms with E-state index in [2.05, 4.69) is 11.1 Å². The van der Waals surface area contributed by atoms with Crippen LogP contribution in [0, 0.1) is 17.1 Å². The molecule has 0 fully saturated rings. The highest BCUT2D eigenvalue weighted by molar-refractivity contribution is 6.17. The van der Waals surface area contributed by atoms with Crippen LogP contribution in [0.3, 0.4) is 0 Å². The molecule has 0 atom stereocenters. The Hall–Kier alpha value is -2.93. The molecule has 0 unspecified atom stereocenters. The summed E-state index contributed by atoms with van der Waals surface area (Å²) in [6.07, 6.45) is 1.55. The van der Waals surface area contributed by atoms with Crippen LogP contribution in [0.5, 0.6) is 0 Å². The Labute approximate surface area is 114 Å². The van der Waals surface area contributed by atoms with Gasteiger partial charge < -0.3 is 4.98 Å². The average molecular weight is 264 g/mol. The van der Waals surface area contributed by atoms with Crippen LogP contribution in [0.1, 0.15) is 21.5 Å². The number of ketones is 1. The largest absolute Gasteiger partial charge is 0.360 e. The molecule has 2 aromatic carbocycles. The third-order valence-electron chi connectivity index (χ3n) is 3.16. The molecule has 0 aliphatic carbocycles. The maximum Gasteiger partial charge on any atom is 0.195 e. The number of halogens is 1. The molecule has 1 aromatic heterocycles. The number of carbonyl (C=O) groups is 1. The number of nitriles is 1. The second kappa shape index (κ2) is 4.63. The molecule has 0 aliphatic rings. The fraction of sp³-hybridized carbons (Fsp3) is 0. The first kappa shape index (κ1) is 12.1. The standard InChI is InChI=1S/C16H9FN2O/c17-12-5-1-3-10(7-12)16(20)13-9-19-14-6-2-4-11(8-18)15(13)14/h1-7,9,19H. The molecule has 1 N–H and O–H groups in total. The highest BCUT2D eigenvalue weighted by atomic mass is 19.1. The van der Waals surface area contributed by atoms with Crippen LogP contribution < -0.4 is 0 Å². The van der Waals surface area contributed by atoms with E-state index in [-0.39, 0.29) is 11.3 Å². The van der Waals surface area contributed by atoms with Gasteiger partial charge in [-0.1, -0.05) is 18.2 Å². The molecular formula is C16H9FN2O. The number of hydrogen-bond donors (Lipinski definition) is 1. The second-order valence-corrected chi connectivity index (χ2v) is 4.38. The van der Waals surface area contributed by atoms with Gasteiger partial charge in [-0.2, -0.15) is 5.26 Å². The summed E-state index contributed by atoms with van der Waals surface area (Å²) in [5, 5.41) is 9.71. The number of aromatic nitrogens is 1. The molecule has 20 heavy (non-hydrogen) atoms. The van der Waals surface area contributed by atoms with Gasteiger partial charge in [-0.25, -0.2) is 4.39 Å². The van der Waals surface area contributed by atoms with Gasteiger partial charge in [-0.3, -0.25) is 4.79 Å². The molecule has 0 saturated heterocycles. The van der Waals surface area contributed by atoms with E-state index in [0.717, 1.165) is 0 Å². The van der Waals surface area contributed by atoms with E-state index in [1.54, 1.807) is 30.5 Å². The predicted octanol–water partition coefficient (Wildman–Crippen LogP) is 3.41. The minimum Gasteiger partial charge on any atom is -0.360 e. The Morgan fingerprint density at radius 1 is 1.20 bits per heavy atom. The summed E-state index contributed by atoms with van der Waals surface area (Å²) in [6.45, 7) is 0. The van der Waals surface area contributed by atoms with E-state index < -0.39 is 5.82 Å². The van der Waals surface area contributed by atoms with Crippen LogP contribution in [0.25, 0.3) is 10.9 Å². The first-order valence-corrected chi connectivity index (χ1v) is 6.01. The number of carbonyl (C=O) groups excluding carboxylic acids is 1. The van der Waals surface area contributed by atoms with Crippen molar-refractivity contribution in [3.63, 3.8) is 0 Å². The lowest BCUT2D eigenvalue weighted by molar-refractivity contribution is 0.104. The molecule has 0 radical (unpaired) electrons. The van der Waals surface area contributed by atoms with Crippen molar-refractivity contribution in [2.45, 2.75) is 0 Å². The summed E-state index contributed by atoms with van der Waals surface area (Å²) in [6, 6.07) is 12.8. The van der Waals surface area contributed by atoms with Gasteiger partial charge in [0.1, 0.15) is 5.82 Å². The van der Waals surface area contributed by atoms with Gasteiger partial charge in [0.05, 0.1) is 11.6 Å². The van der Waals surface area contributed by atoms with Crippen molar-refractivity contribution in [2.75, 3.05) is 0 Å². The Balaban J connectivity index is 2.21. The molecule has 3 rings (SSSR count). The van der Waals surface area contributed by atoms with Crippen LogP contribution in [0.2, 0.25) is 0 Å². The average Bonchev–Trinajstić information content (AvgIpc) is 2.90. The second-order valence-electron chi connectivity index (χ2n) is 4.38. The maximum absolute atomic E-state index is 13.2. The summed E-state index contributed by atoms with van der Waals surface area (Å²) < 4.78 is 13.2. The number of benzene rings is 2. The minimum absolute atomic E-state index is 0.263. The summed E-state index contributed by atoms with van der Waals surface area (Å²) >= 11 is 0. The number of H-pyrrole nitrogens is 1. The van der Waals surface area contributed by atoms with Crippen molar-refractivity contribution in [3.05, 3.63) is 71.2 Å². The monoisotopic (exact) mass is 264 g/mol. The van der Waals surface area contributed by atoms with Crippen molar-refractivity contribution in [2.24, 2.45) is 0 Å². The van der Waals surface area contributed by atoms with Crippen molar-refractivity contribution >= 4 is 16.7 Å². The van der Waals surface area contributed by atoms with Gasteiger partial charge in [-0.15, -0.1) is 0 Å². The van der Waals surface area contributed by atoms with Gasteiger partial charge in [0.25, 0.3) is 0 Å². The van der Waals surface area contributed by atoms with E-state index >= 15 is 0 Å². The van der Waals surface area contributed by atoms with Crippen molar-refractivity contribution < 1.29 is 9.18 Å². The molecular weight excluding hydrogens is 255 g/mol. The van der Waals surface area contributed by atoms with Gasteiger partial charge in [0.2, 0.25) is 0 Å². The molecule has 0 aliphatic heterocycles. The number of fused-ring (bicyclic) bond motifs is 1.